The van der Waals surface area contributed by atoms with Crippen LogP contribution in [-0.2, 0) is 0 Å². The quantitative estimate of drug-likeness (QED) is 0.616. The van der Waals surface area contributed by atoms with Gasteiger partial charge < -0.3 is 0 Å². The van der Waals surface area contributed by atoms with Crippen LogP contribution in [0.4, 0.5) is 0 Å². The summed E-state index contributed by atoms with van der Waals surface area (Å²) in [4.78, 5) is 4.87. The van der Waals surface area contributed by atoms with E-state index in [-0.39, 0.29) is 0 Å². The lowest BCUT2D eigenvalue weighted by Crippen LogP contribution is -2.07. The Kier molecular flexibility index (Phi) is 4.68. The average molecular weight is 334 g/mol. The summed E-state index contributed by atoms with van der Waals surface area (Å²) in [6, 6.07) is 6.65. The Morgan fingerprint density at radius 3 is 2.20 bits per heavy atom. The van der Waals surface area contributed by atoms with E-state index in [2.05, 4.69) is 71.2 Å². The summed E-state index contributed by atoms with van der Waals surface area (Å²) in [5, 5.41) is 4.88. The fourth-order valence-electron chi connectivity index (χ4n) is 3.99. The van der Waals surface area contributed by atoms with Gasteiger partial charge in [0, 0.05) is 17.3 Å². The Labute approximate surface area is 151 Å². The Morgan fingerprint density at radius 1 is 1.00 bits per heavy atom. The summed E-state index contributed by atoms with van der Waals surface area (Å²) in [7, 11) is 0. The van der Waals surface area contributed by atoms with E-state index < -0.39 is 0 Å². The lowest BCUT2D eigenvalue weighted by molar-refractivity contribution is 0.622. The highest BCUT2D eigenvalue weighted by Gasteiger charge is 2.21. The largest absolute Gasteiger partial charge is 0.233 e. The van der Waals surface area contributed by atoms with Crippen LogP contribution < -0.4 is 0 Å². The summed E-state index contributed by atoms with van der Waals surface area (Å²) in [5.74, 6) is 0.400. The van der Waals surface area contributed by atoms with E-state index in [9.17, 15) is 0 Å². The van der Waals surface area contributed by atoms with Gasteiger partial charge in [0.2, 0.25) is 0 Å². The van der Waals surface area contributed by atoms with E-state index in [4.69, 9.17) is 10.1 Å². The molecule has 1 radical (unpaired) electrons. The van der Waals surface area contributed by atoms with Gasteiger partial charge in [-0.05, 0) is 70.2 Å². The van der Waals surface area contributed by atoms with E-state index in [1.54, 1.807) is 0 Å². The van der Waals surface area contributed by atoms with Gasteiger partial charge in [0.15, 0.2) is 5.65 Å². The predicted molar refractivity (Wildman–Crippen MR) is 105 cm³/mol. The molecule has 0 N–H and O–H groups in total. The molecule has 1 aromatic carbocycles. The first kappa shape index (κ1) is 17.7. The van der Waals surface area contributed by atoms with Crippen LogP contribution in [0.25, 0.3) is 16.8 Å². The molecule has 0 aliphatic rings. The van der Waals surface area contributed by atoms with Crippen molar-refractivity contribution in [1.82, 2.24) is 14.6 Å². The number of rotatable bonds is 4. The van der Waals surface area contributed by atoms with Crippen molar-refractivity contribution in [2.45, 2.75) is 60.3 Å². The van der Waals surface area contributed by atoms with Crippen molar-refractivity contribution in [3.63, 3.8) is 0 Å². The van der Waals surface area contributed by atoms with Crippen LogP contribution in [0.5, 0.6) is 0 Å². The molecule has 0 aliphatic carbocycles. The molecule has 1 atom stereocenters. The highest BCUT2D eigenvalue weighted by molar-refractivity contribution is 5.84. The van der Waals surface area contributed by atoms with Gasteiger partial charge in [0.25, 0.3) is 0 Å². The van der Waals surface area contributed by atoms with Gasteiger partial charge in [-0.15, -0.1) is 0 Å². The van der Waals surface area contributed by atoms with Gasteiger partial charge in [-0.3, -0.25) is 0 Å². The Morgan fingerprint density at radius 2 is 1.64 bits per heavy atom. The van der Waals surface area contributed by atoms with Crippen molar-refractivity contribution in [1.29, 1.82) is 0 Å². The minimum atomic E-state index is 0.400. The van der Waals surface area contributed by atoms with E-state index in [0.717, 1.165) is 29.9 Å². The minimum Gasteiger partial charge on any atom is -0.233 e. The van der Waals surface area contributed by atoms with E-state index in [1.807, 2.05) is 0 Å². The number of fused-ring (bicyclic) bond motifs is 1. The molecule has 2 aromatic heterocycles. The zero-order chi connectivity index (χ0) is 18.3. The summed E-state index contributed by atoms with van der Waals surface area (Å²) in [5.41, 5.74) is 10.6. The first-order valence-corrected chi connectivity index (χ1v) is 9.11. The first-order chi connectivity index (χ1) is 11.9. The molecule has 0 aliphatic heterocycles. The second-order valence-corrected chi connectivity index (χ2v) is 7.19. The van der Waals surface area contributed by atoms with Crippen LogP contribution in [-0.4, -0.2) is 14.6 Å². The van der Waals surface area contributed by atoms with Gasteiger partial charge in [-0.25, -0.2) is 9.50 Å². The third-order valence-electron chi connectivity index (χ3n) is 5.11. The second kappa shape index (κ2) is 6.62. The third-order valence-corrected chi connectivity index (χ3v) is 5.11. The number of aryl methyl sites for hydroxylation is 5. The number of nitrogens with zero attached hydrogens (tertiary/aromatic N) is 3. The van der Waals surface area contributed by atoms with E-state index >= 15 is 0 Å². The summed E-state index contributed by atoms with van der Waals surface area (Å²) in [6.07, 6.45) is 1.92. The van der Waals surface area contributed by atoms with Gasteiger partial charge in [0.1, 0.15) is 0 Å². The smallest absolute Gasteiger partial charge is 0.163 e. The standard InChI is InChI=1S/C22H28N3/c1-8-18(9-2)19-12-16(6)23-22-21(17(7)24-25(19)22)20-14(4)10-13(3)11-15(20)5/h10-12,18H,1,8-9H2,2-7H3. The number of hydrogen-bond acceptors (Lipinski definition) is 2. The van der Waals surface area contributed by atoms with Crippen molar-refractivity contribution < 1.29 is 0 Å². The summed E-state index contributed by atoms with van der Waals surface area (Å²) < 4.78 is 2.05. The molecule has 0 amide bonds. The van der Waals surface area contributed by atoms with Crippen LogP contribution in [0.15, 0.2) is 18.2 Å². The maximum Gasteiger partial charge on any atom is 0.163 e. The van der Waals surface area contributed by atoms with Crippen molar-refractivity contribution in [2.75, 3.05) is 0 Å². The van der Waals surface area contributed by atoms with E-state index in [1.165, 1.54) is 33.5 Å². The topological polar surface area (TPSA) is 30.2 Å². The normalized spacial score (nSPS) is 11.7. The molecule has 1 unspecified atom stereocenters. The molecule has 3 rings (SSSR count). The Balaban J connectivity index is 2.37. The van der Waals surface area contributed by atoms with Gasteiger partial charge in [-0.2, -0.15) is 5.10 Å². The minimum absolute atomic E-state index is 0.400. The highest BCUT2D eigenvalue weighted by Crippen LogP contribution is 2.35. The summed E-state index contributed by atoms with van der Waals surface area (Å²) in [6.45, 7) is 17.0. The van der Waals surface area contributed by atoms with Crippen molar-refractivity contribution in [3.05, 3.63) is 58.9 Å². The molecular weight excluding hydrogens is 306 g/mol. The van der Waals surface area contributed by atoms with Crippen molar-refractivity contribution >= 4 is 5.65 Å². The molecule has 0 saturated heterocycles. The molecule has 3 heteroatoms. The Hall–Kier alpha value is -2.16. The maximum absolute atomic E-state index is 4.88. The average Bonchev–Trinajstić information content (AvgIpc) is 2.84. The molecule has 131 valence electrons. The molecule has 0 spiro atoms. The van der Waals surface area contributed by atoms with Crippen LogP contribution >= 0.6 is 0 Å². The lowest BCUT2D eigenvalue weighted by atomic mass is 9.93. The monoisotopic (exact) mass is 334 g/mol. The fourth-order valence-corrected chi connectivity index (χ4v) is 3.99. The van der Waals surface area contributed by atoms with Crippen LogP contribution in [0.1, 0.15) is 59.5 Å². The highest BCUT2D eigenvalue weighted by atomic mass is 15.3. The number of aromatic nitrogens is 3. The van der Waals surface area contributed by atoms with Crippen LogP contribution in [0, 0.1) is 41.5 Å². The molecule has 0 bridgehead atoms. The first-order valence-electron chi connectivity index (χ1n) is 9.11. The zero-order valence-corrected chi connectivity index (χ0v) is 16.3. The second-order valence-electron chi connectivity index (χ2n) is 7.19. The van der Waals surface area contributed by atoms with Crippen molar-refractivity contribution in [3.8, 4) is 11.1 Å². The lowest BCUT2D eigenvalue weighted by Gasteiger charge is -2.15. The molecule has 25 heavy (non-hydrogen) atoms. The van der Waals surface area contributed by atoms with Crippen LogP contribution in [0.2, 0.25) is 0 Å². The van der Waals surface area contributed by atoms with Gasteiger partial charge >= 0.3 is 0 Å². The molecule has 0 saturated carbocycles. The molecule has 0 fully saturated rings. The zero-order valence-electron chi connectivity index (χ0n) is 16.3. The van der Waals surface area contributed by atoms with Crippen LogP contribution in [0.3, 0.4) is 0 Å². The Bertz CT molecular complexity index is 907. The maximum atomic E-state index is 4.88. The van der Waals surface area contributed by atoms with Gasteiger partial charge in [-0.1, -0.05) is 31.5 Å². The molecule has 3 nitrogen and oxygen atoms in total. The van der Waals surface area contributed by atoms with Crippen molar-refractivity contribution in [2.24, 2.45) is 0 Å². The molecule has 3 aromatic rings. The number of hydrogen-bond donors (Lipinski definition) is 0. The third kappa shape index (κ3) is 2.97. The SMILES string of the molecule is [CH2]CC(CC)c1cc(C)nc2c(-c3c(C)cc(C)cc3C)c(C)nn12. The molecule has 2 heterocycles. The number of benzene rings is 1. The summed E-state index contributed by atoms with van der Waals surface area (Å²) >= 11 is 0. The predicted octanol–water partition coefficient (Wildman–Crippen LogP) is 5.66. The fraction of sp³-hybridized carbons (Fsp3) is 0.409. The molecular formula is C22H28N3. The van der Waals surface area contributed by atoms with Gasteiger partial charge in [0.05, 0.1) is 11.3 Å². The van der Waals surface area contributed by atoms with E-state index in [0.29, 0.717) is 5.92 Å².